The minimum absolute atomic E-state index is 0.0822. The number of nitrogens with one attached hydrogen (secondary N) is 1. The number of nitrogens with two attached hydrogens (primary N) is 1. The highest BCUT2D eigenvalue weighted by atomic mass is 19.1. The van der Waals surface area contributed by atoms with Crippen LogP contribution in [0.4, 0.5) is 21.7 Å². The topological polar surface area (TPSA) is 170 Å². The molecule has 0 saturated carbocycles. The predicted octanol–water partition coefficient (Wildman–Crippen LogP) is 3.21. The van der Waals surface area contributed by atoms with Gasteiger partial charge in [0.15, 0.2) is 0 Å². The Morgan fingerprint density at radius 1 is 0.881 bits per heavy atom. The highest BCUT2D eigenvalue weighted by molar-refractivity contribution is 6.24. The molecule has 0 bridgehead atoms. The van der Waals surface area contributed by atoms with Crippen LogP contribution in [0.15, 0.2) is 84.2 Å². The highest BCUT2D eigenvalue weighted by Gasteiger charge is 2.46. The van der Waals surface area contributed by atoms with Crippen molar-refractivity contribution in [1.82, 2.24) is 30.0 Å². The zero-order valence-electron chi connectivity index (χ0n) is 32.1. The van der Waals surface area contributed by atoms with E-state index in [9.17, 15) is 19.2 Å². The fraction of sp³-hybridized carbons (Fsp3) is 0.349. The van der Waals surface area contributed by atoms with Crippen LogP contribution >= 0.6 is 0 Å². The molecule has 4 fully saturated rings. The average Bonchev–Trinajstić information content (AvgIpc) is 3.69. The Morgan fingerprint density at radius 3 is 2.41 bits per heavy atom. The number of hydrogen-bond acceptors (Lipinski definition) is 12. The molecule has 59 heavy (non-hydrogen) atoms. The number of nitrogens with zero attached hydrogens (tertiary/aromatic N) is 8. The summed E-state index contributed by atoms with van der Waals surface area (Å²) in [6.07, 6.45) is 3.03. The quantitative estimate of drug-likeness (QED) is 0.189. The molecule has 2 unspecified atom stereocenters. The number of carbonyl (C=O) groups is 4. The van der Waals surface area contributed by atoms with Gasteiger partial charge in [0.05, 0.1) is 11.1 Å². The number of fused-ring (bicyclic) bond motifs is 2. The molecule has 3 N–H and O–H groups in total. The van der Waals surface area contributed by atoms with Crippen molar-refractivity contribution >= 4 is 52.9 Å². The molecule has 3 atom stereocenters. The van der Waals surface area contributed by atoms with Crippen LogP contribution in [0.2, 0.25) is 0 Å². The van der Waals surface area contributed by atoms with Gasteiger partial charge in [0.2, 0.25) is 18.1 Å². The molecule has 300 valence electrons. The molecule has 4 amide bonds. The van der Waals surface area contributed by atoms with E-state index in [1.807, 2.05) is 66.9 Å². The second kappa shape index (κ2) is 14.8. The van der Waals surface area contributed by atoms with E-state index in [2.05, 4.69) is 30.0 Å². The molecular weight excluding hydrogens is 756 g/mol. The summed E-state index contributed by atoms with van der Waals surface area (Å²) in [6.45, 7) is 5.49. The van der Waals surface area contributed by atoms with E-state index in [0.29, 0.717) is 53.6 Å². The van der Waals surface area contributed by atoms with Gasteiger partial charge >= 0.3 is 5.82 Å². The molecule has 3 aromatic carbocycles. The van der Waals surface area contributed by atoms with Gasteiger partial charge in [0, 0.05) is 74.8 Å². The third kappa shape index (κ3) is 6.81. The lowest BCUT2D eigenvalue weighted by Crippen LogP contribution is -2.64. The van der Waals surface area contributed by atoms with Crippen LogP contribution in [0.1, 0.15) is 51.1 Å². The molecule has 4 saturated heterocycles. The van der Waals surface area contributed by atoms with Crippen molar-refractivity contribution in [2.24, 2.45) is 16.9 Å². The molecule has 0 radical (unpaired) electrons. The summed E-state index contributed by atoms with van der Waals surface area (Å²) in [5.41, 5.74) is 9.83. The maximum absolute atomic E-state index is 15.9. The van der Waals surface area contributed by atoms with Crippen LogP contribution in [0, 0.1) is 11.8 Å². The normalized spacial score (nSPS) is 24.5. The van der Waals surface area contributed by atoms with E-state index < -0.39 is 35.8 Å². The van der Waals surface area contributed by atoms with Gasteiger partial charge in [-0.25, -0.2) is 4.39 Å². The first kappa shape index (κ1) is 36.9. The van der Waals surface area contributed by atoms with Crippen LogP contribution in [-0.4, -0.2) is 129 Å². The average molecular weight is 798 g/mol. The van der Waals surface area contributed by atoms with Crippen molar-refractivity contribution in [2.75, 3.05) is 56.4 Å². The summed E-state index contributed by atoms with van der Waals surface area (Å²) >= 11 is 0. The Labute approximate surface area is 338 Å². The molecule has 10 rings (SSSR count). The number of aromatic nitrogens is 2. The van der Waals surface area contributed by atoms with Crippen molar-refractivity contribution in [3.63, 3.8) is 0 Å². The van der Waals surface area contributed by atoms with E-state index >= 15 is 4.39 Å². The van der Waals surface area contributed by atoms with Crippen molar-refractivity contribution < 1.29 is 33.0 Å². The first-order valence-electron chi connectivity index (χ1n) is 20.0. The minimum Gasteiger partial charge on any atom is -0.457 e. The second-order valence-electron chi connectivity index (χ2n) is 16.1. The zero-order valence-corrected chi connectivity index (χ0v) is 32.1. The number of likely N-dealkylation sites (tertiary alicyclic amines) is 2. The van der Waals surface area contributed by atoms with Gasteiger partial charge in [0.25, 0.3) is 11.8 Å². The summed E-state index contributed by atoms with van der Waals surface area (Å²) in [4.78, 5) is 67.0. The summed E-state index contributed by atoms with van der Waals surface area (Å²) < 4.78 is 23.5. The number of carbonyl (C=O) groups excluding carboxylic acids is 4. The molecular formula is C43H42FN10O5+. The van der Waals surface area contributed by atoms with Crippen LogP contribution in [0.3, 0.4) is 0 Å². The largest absolute Gasteiger partial charge is 0.457 e. The predicted molar refractivity (Wildman–Crippen MR) is 215 cm³/mol. The summed E-state index contributed by atoms with van der Waals surface area (Å²) in [5, 5.41) is 7.09. The molecule has 6 aliphatic heterocycles. The highest BCUT2D eigenvalue weighted by Crippen LogP contribution is 2.35. The Bertz CT molecular complexity index is 2430. The van der Waals surface area contributed by atoms with Gasteiger partial charge in [-0.05, 0) is 79.0 Å². The fourth-order valence-electron chi connectivity index (χ4n) is 9.07. The van der Waals surface area contributed by atoms with Crippen molar-refractivity contribution in [3.8, 4) is 11.5 Å². The number of hydrogen-bond donors (Lipinski definition) is 2. The van der Waals surface area contributed by atoms with E-state index in [1.165, 1.54) is 6.33 Å². The van der Waals surface area contributed by atoms with E-state index in [-0.39, 0.29) is 29.9 Å². The van der Waals surface area contributed by atoms with Crippen LogP contribution in [-0.2, 0) is 9.59 Å². The molecule has 4 aromatic rings. The number of ether oxygens (including phenoxy) is 1. The van der Waals surface area contributed by atoms with Gasteiger partial charge < -0.3 is 15.4 Å². The van der Waals surface area contributed by atoms with Crippen LogP contribution < -0.4 is 20.7 Å². The van der Waals surface area contributed by atoms with E-state index in [4.69, 9.17) is 15.6 Å². The summed E-state index contributed by atoms with van der Waals surface area (Å²) in [7, 11) is 0. The number of alkyl halides is 1. The van der Waals surface area contributed by atoms with Crippen LogP contribution in [0.5, 0.6) is 11.5 Å². The van der Waals surface area contributed by atoms with Crippen molar-refractivity contribution in [3.05, 3.63) is 101 Å². The van der Waals surface area contributed by atoms with Gasteiger partial charge in [-0.3, -0.25) is 39.2 Å². The van der Waals surface area contributed by atoms with Gasteiger partial charge in [-0.1, -0.05) is 23.3 Å². The van der Waals surface area contributed by atoms with Crippen molar-refractivity contribution in [2.45, 2.75) is 37.5 Å². The summed E-state index contributed by atoms with van der Waals surface area (Å²) in [6, 6.07) is 21.7. The molecule has 7 heterocycles. The number of imide groups is 2. The number of rotatable bonds is 9. The van der Waals surface area contributed by atoms with E-state index in [0.717, 1.165) is 61.2 Å². The third-order valence-corrected chi connectivity index (χ3v) is 12.3. The molecule has 0 spiro atoms. The van der Waals surface area contributed by atoms with Crippen molar-refractivity contribution in [1.29, 1.82) is 0 Å². The third-order valence-electron chi connectivity index (χ3n) is 12.3. The Balaban J connectivity index is 0.717. The smallest absolute Gasteiger partial charge is 0.363 e. The number of benzene rings is 3. The van der Waals surface area contributed by atoms with E-state index in [1.54, 1.807) is 16.8 Å². The molecule has 1 aromatic heterocycles. The lowest BCUT2D eigenvalue weighted by Gasteiger charge is -2.51. The Morgan fingerprint density at radius 2 is 1.64 bits per heavy atom. The SMILES string of the molecule is Nc1ncnc2c1C(c1ccc(Oc3ccccc3)cc1)=N/[N+]2=C\C1CCN(C2CN(CC3CN(c4ccc5c(c4)C(=O)N(C4CCC(=O)NC4=O)C5=O)C3)C2)C[C@@H]1F. The van der Waals surface area contributed by atoms with Gasteiger partial charge in [-0.2, -0.15) is 4.98 Å². The lowest BCUT2D eigenvalue weighted by molar-refractivity contribution is -0.443. The number of anilines is 2. The number of hydrazone groups is 1. The molecule has 6 aliphatic rings. The molecule has 15 nitrogen and oxygen atoms in total. The Kier molecular flexibility index (Phi) is 9.24. The number of nitrogen functional groups attached to an aromatic ring is 1. The molecule has 16 heteroatoms. The number of amides is 4. The number of piperidine rings is 2. The maximum Gasteiger partial charge on any atom is 0.363 e. The number of para-hydroxylation sites is 1. The first-order valence-corrected chi connectivity index (χ1v) is 20.0. The monoisotopic (exact) mass is 797 g/mol. The van der Waals surface area contributed by atoms with Gasteiger partial charge in [-0.15, -0.1) is 4.68 Å². The first-order chi connectivity index (χ1) is 28.7. The van der Waals surface area contributed by atoms with Gasteiger partial charge in [0.1, 0.15) is 47.0 Å². The Hall–Kier alpha value is -6.39. The number of halogens is 1. The summed E-state index contributed by atoms with van der Waals surface area (Å²) in [5.74, 6) is 0.349. The standard InChI is InChI=1S/C43H41FN10O5/c44-34-23-51(15-14-27(34)20-53-40-37(39(45)46-24-47-40)38(49-53)26-6-9-31(10-7-26)59-30-4-2-1-3-5-30)29-21-50(22-29)17-25-18-52(19-25)28-8-11-32-33(16-28)43(58)54(42(32)57)35-12-13-36(55)48-41(35)56/h1-11,16,20,24-25,27,29,34-35H,12-15,17-19,21-23H2,(H2-,45,46,47,48,49,55,56)/p+1/b53-20-/t27?,34-,35?/m0/s1. The van der Waals surface area contributed by atoms with Crippen LogP contribution in [0.25, 0.3) is 0 Å². The maximum atomic E-state index is 15.9. The lowest BCUT2D eigenvalue weighted by atomic mass is 9.92. The minimum atomic E-state index is -1.07. The molecule has 0 aliphatic carbocycles. The second-order valence-corrected chi connectivity index (χ2v) is 16.1. The zero-order chi connectivity index (χ0) is 40.4. The fourth-order valence-corrected chi connectivity index (χ4v) is 9.07.